The number of aromatic nitrogens is 2. The Hall–Kier alpha value is -1.23. The Kier molecular flexibility index (Phi) is 1.87. The van der Waals surface area contributed by atoms with Gasteiger partial charge in [0, 0.05) is 12.5 Å². The van der Waals surface area contributed by atoms with E-state index in [1.54, 1.807) is 0 Å². The highest BCUT2D eigenvalue weighted by Crippen LogP contribution is 2.21. The van der Waals surface area contributed by atoms with Gasteiger partial charge in [0.25, 0.3) is 5.89 Å². The zero-order valence-corrected chi connectivity index (χ0v) is 6.40. The molecular weight excluding hydrogens is 160 g/mol. The Morgan fingerprint density at radius 2 is 2.50 bits per heavy atom. The number of hydrogen-bond acceptors (Lipinski definition) is 5. The quantitative estimate of drug-likeness (QED) is 0.597. The molecule has 0 spiro atoms. The van der Waals surface area contributed by atoms with Crippen molar-refractivity contribution in [2.24, 2.45) is 0 Å². The first kappa shape index (κ1) is 7.42. The fraction of sp³-hybridized carbons (Fsp3) is 0.571. The van der Waals surface area contributed by atoms with Gasteiger partial charge in [-0.3, -0.25) is 4.79 Å². The van der Waals surface area contributed by atoms with Gasteiger partial charge in [0.1, 0.15) is 0 Å². The van der Waals surface area contributed by atoms with E-state index >= 15 is 0 Å². The topological polar surface area (TPSA) is 65.2 Å². The van der Waals surface area contributed by atoms with E-state index in [4.69, 9.17) is 4.74 Å². The molecule has 0 aliphatic carbocycles. The summed E-state index contributed by atoms with van der Waals surface area (Å²) in [5.74, 6) is 0.814. The zero-order valence-electron chi connectivity index (χ0n) is 6.40. The molecule has 0 amide bonds. The second kappa shape index (κ2) is 3.02. The number of carbonyl (C=O) groups excluding carboxylic acids is 1. The van der Waals surface area contributed by atoms with Gasteiger partial charge in [-0.25, -0.2) is 0 Å². The van der Waals surface area contributed by atoms with Gasteiger partial charge < -0.3 is 9.26 Å². The van der Waals surface area contributed by atoms with Crippen molar-refractivity contribution in [2.75, 3.05) is 13.2 Å². The molecule has 12 heavy (non-hydrogen) atoms. The minimum atomic E-state index is 0.0388. The van der Waals surface area contributed by atoms with E-state index in [9.17, 15) is 4.79 Å². The van der Waals surface area contributed by atoms with Gasteiger partial charge in [-0.1, -0.05) is 5.16 Å². The van der Waals surface area contributed by atoms with Gasteiger partial charge in [-0.15, -0.1) is 0 Å². The van der Waals surface area contributed by atoms with Crippen LogP contribution in [0.25, 0.3) is 0 Å². The van der Waals surface area contributed by atoms with Crippen LogP contribution in [-0.2, 0) is 4.74 Å². The van der Waals surface area contributed by atoms with E-state index in [1.807, 2.05) is 0 Å². The minimum absolute atomic E-state index is 0.0388. The van der Waals surface area contributed by atoms with Crippen molar-refractivity contribution in [3.63, 3.8) is 0 Å². The summed E-state index contributed by atoms with van der Waals surface area (Å²) in [7, 11) is 0. The van der Waals surface area contributed by atoms with Crippen molar-refractivity contribution < 1.29 is 14.1 Å². The zero-order chi connectivity index (χ0) is 8.39. The van der Waals surface area contributed by atoms with Crippen LogP contribution in [0.4, 0.5) is 0 Å². The molecule has 0 saturated carbocycles. The maximum atomic E-state index is 10.2. The molecule has 64 valence electrons. The van der Waals surface area contributed by atoms with Crippen molar-refractivity contribution >= 4 is 6.29 Å². The highest BCUT2D eigenvalue weighted by molar-refractivity contribution is 5.66. The predicted molar refractivity (Wildman–Crippen MR) is 37.9 cm³/mol. The molecule has 1 fully saturated rings. The molecule has 1 aromatic heterocycles. The van der Waals surface area contributed by atoms with Crippen LogP contribution >= 0.6 is 0 Å². The lowest BCUT2D eigenvalue weighted by Crippen LogP contribution is -1.99. The molecule has 0 bridgehead atoms. The predicted octanol–water partition coefficient (Wildman–Crippen LogP) is 0.386. The molecule has 1 atom stereocenters. The molecule has 5 heteroatoms. The summed E-state index contributed by atoms with van der Waals surface area (Å²) in [6, 6.07) is 0. The normalized spacial score (nSPS) is 22.8. The summed E-state index contributed by atoms with van der Waals surface area (Å²) in [5.41, 5.74) is 0. The fourth-order valence-electron chi connectivity index (χ4n) is 1.20. The smallest absolute Gasteiger partial charge is 0.290 e. The summed E-state index contributed by atoms with van der Waals surface area (Å²) in [4.78, 5) is 14.1. The van der Waals surface area contributed by atoms with Crippen LogP contribution in [0.3, 0.4) is 0 Å². The third-order valence-electron chi connectivity index (χ3n) is 1.85. The molecule has 0 radical (unpaired) electrons. The van der Waals surface area contributed by atoms with E-state index in [2.05, 4.69) is 14.7 Å². The van der Waals surface area contributed by atoms with Crippen LogP contribution < -0.4 is 0 Å². The third-order valence-corrected chi connectivity index (χ3v) is 1.85. The van der Waals surface area contributed by atoms with Crippen molar-refractivity contribution in [1.82, 2.24) is 10.1 Å². The Balaban J connectivity index is 2.16. The maximum absolute atomic E-state index is 10.2. The molecule has 1 aromatic rings. The molecule has 2 heterocycles. The first-order valence-corrected chi connectivity index (χ1v) is 3.76. The lowest BCUT2D eigenvalue weighted by Gasteiger charge is -1.96. The van der Waals surface area contributed by atoms with E-state index in [0.29, 0.717) is 18.7 Å². The van der Waals surface area contributed by atoms with E-state index < -0.39 is 0 Å². The SMILES string of the molecule is O=Cc1nc(C2CCOC2)no1. The van der Waals surface area contributed by atoms with Crippen molar-refractivity contribution in [1.29, 1.82) is 0 Å². The molecule has 1 aliphatic heterocycles. The highest BCUT2D eigenvalue weighted by atomic mass is 16.5. The Labute approximate surface area is 68.7 Å². The number of aldehydes is 1. The first-order chi connectivity index (χ1) is 5.90. The molecule has 2 rings (SSSR count). The lowest BCUT2D eigenvalue weighted by atomic mass is 10.1. The molecule has 5 nitrogen and oxygen atoms in total. The van der Waals surface area contributed by atoms with Crippen LogP contribution in [0.1, 0.15) is 28.8 Å². The monoisotopic (exact) mass is 168 g/mol. The van der Waals surface area contributed by atoms with Crippen LogP contribution in [0.2, 0.25) is 0 Å². The summed E-state index contributed by atoms with van der Waals surface area (Å²) < 4.78 is 9.79. The second-order valence-corrected chi connectivity index (χ2v) is 2.67. The second-order valence-electron chi connectivity index (χ2n) is 2.67. The molecular formula is C7H8N2O3. The Morgan fingerprint density at radius 3 is 3.08 bits per heavy atom. The van der Waals surface area contributed by atoms with Crippen LogP contribution in [0.15, 0.2) is 4.52 Å². The number of nitrogens with zero attached hydrogens (tertiary/aromatic N) is 2. The Bertz CT molecular complexity index is 278. The van der Waals surface area contributed by atoms with Gasteiger partial charge in [-0.05, 0) is 6.42 Å². The minimum Gasteiger partial charge on any atom is -0.381 e. The van der Waals surface area contributed by atoms with Gasteiger partial charge in [0.15, 0.2) is 5.82 Å². The van der Waals surface area contributed by atoms with E-state index in [0.717, 1.165) is 13.0 Å². The van der Waals surface area contributed by atoms with Gasteiger partial charge in [0.2, 0.25) is 6.29 Å². The lowest BCUT2D eigenvalue weighted by molar-refractivity contribution is 0.108. The van der Waals surface area contributed by atoms with E-state index in [1.165, 1.54) is 0 Å². The average molecular weight is 168 g/mol. The van der Waals surface area contributed by atoms with Crippen molar-refractivity contribution in [3.8, 4) is 0 Å². The summed E-state index contributed by atoms with van der Waals surface area (Å²) in [5, 5.41) is 3.67. The fourth-order valence-corrected chi connectivity index (χ4v) is 1.20. The number of carbonyl (C=O) groups is 1. The first-order valence-electron chi connectivity index (χ1n) is 3.76. The van der Waals surface area contributed by atoms with Crippen molar-refractivity contribution in [2.45, 2.75) is 12.3 Å². The van der Waals surface area contributed by atoms with Gasteiger partial charge >= 0.3 is 0 Å². The molecule has 1 unspecified atom stereocenters. The summed E-state index contributed by atoms with van der Waals surface area (Å²) >= 11 is 0. The van der Waals surface area contributed by atoms with E-state index in [-0.39, 0.29) is 11.8 Å². The molecule has 1 saturated heterocycles. The number of ether oxygens (including phenoxy) is 1. The molecule has 1 aliphatic rings. The van der Waals surface area contributed by atoms with Crippen LogP contribution in [-0.4, -0.2) is 29.6 Å². The van der Waals surface area contributed by atoms with Gasteiger partial charge in [-0.2, -0.15) is 4.98 Å². The molecule has 0 N–H and O–H groups in total. The average Bonchev–Trinajstić information content (AvgIpc) is 2.75. The van der Waals surface area contributed by atoms with Crippen molar-refractivity contribution in [3.05, 3.63) is 11.7 Å². The number of rotatable bonds is 2. The summed E-state index contributed by atoms with van der Waals surface area (Å²) in [6.45, 7) is 1.35. The molecule has 0 aromatic carbocycles. The highest BCUT2D eigenvalue weighted by Gasteiger charge is 2.22. The standard InChI is InChI=1S/C7H8N2O3/c10-3-6-8-7(9-12-6)5-1-2-11-4-5/h3,5H,1-2,4H2. The van der Waals surface area contributed by atoms with Crippen LogP contribution in [0, 0.1) is 0 Å². The third kappa shape index (κ3) is 1.23. The largest absolute Gasteiger partial charge is 0.381 e. The van der Waals surface area contributed by atoms with Crippen LogP contribution in [0.5, 0.6) is 0 Å². The summed E-state index contributed by atoms with van der Waals surface area (Å²) in [6.07, 6.45) is 1.45. The van der Waals surface area contributed by atoms with Gasteiger partial charge in [0.05, 0.1) is 6.61 Å². The number of hydrogen-bond donors (Lipinski definition) is 0. The Morgan fingerprint density at radius 1 is 1.58 bits per heavy atom. The maximum Gasteiger partial charge on any atom is 0.290 e.